The molecule has 11 heteroatoms. The number of unbranched alkanes of at least 4 members (excludes halogenated alkanes) is 1. The van der Waals surface area contributed by atoms with Crippen LogP contribution in [0.1, 0.15) is 45.6 Å². The van der Waals surface area contributed by atoms with E-state index in [2.05, 4.69) is 30.1 Å². The lowest BCUT2D eigenvalue weighted by Crippen LogP contribution is -2.27. The van der Waals surface area contributed by atoms with Crippen LogP contribution in [-0.4, -0.2) is 67.8 Å². The number of hydrogen-bond donors (Lipinski definition) is 1. The lowest BCUT2D eigenvalue weighted by molar-refractivity contribution is -0.777. The normalized spacial score (nSPS) is 14.4. The zero-order chi connectivity index (χ0) is 26.7. The number of hydrogen-bond acceptors (Lipinski definition) is 9. The first-order valence-corrected chi connectivity index (χ1v) is 13.0. The van der Waals surface area contributed by atoms with E-state index in [9.17, 15) is 10.1 Å². The molecule has 10 nitrogen and oxygen atoms in total. The van der Waals surface area contributed by atoms with Crippen molar-refractivity contribution in [2.75, 3.05) is 46.2 Å². The van der Waals surface area contributed by atoms with Gasteiger partial charge in [-0.3, -0.25) is 14.7 Å². The van der Waals surface area contributed by atoms with Gasteiger partial charge in [0, 0.05) is 35.7 Å². The quantitative estimate of drug-likeness (QED) is 0.0991. The number of carboxylic acid groups (broad SMARTS) is 1. The number of carbonyl (C=O) groups is 1. The summed E-state index contributed by atoms with van der Waals surface area (Å²) >= 11 is 0.876. The zero-order valence-corrected chi connectivity index (χ0v) is 22.3. The van der Waals surface area contributed by atoms with Crippen LogP contribution in [0.4, 0.5) is 5.69 Å². The van der Waals surface area contributed by atoms with Crippen molar-refractivity contribution >= 4 is 40.2 Å². The molecule has 0 radical (unpaired) electrons. The van der Waals surface area contributed by atoms with Crippen molar-refractivity contribution < 1.29 is 48.3 Å². The number of aliphatic carboxylic acids is 1. The Balaban J connectivity index is 1.40. The second kappa shape index (κ2) is 14.6. The largest absolute Gasteiger partial charge is 0.691 e. The Kier molecular flexibility index (Phi) is 11.6. The number of nitrogens with zero attached hydrogens (tertiary/aromatic N) is 1. The molecule has 0 saturated heterocycles. The van der Waals surface area contributed by atoms with E-state index < -0.39 is 5.97 Å². The molecular weight excluding hydrogens is 502 g/mol. The van der Waals surface area contributed by atoms with Gasteiger partial charge >= 0.3 is 5.97 Å². The van der Waals surface area contributed by atoms with Crippen molar-refractivity contribution in [3.05, 3.63) is 35.9 Å². The maximum absolute atomic E-state index is 10.4. The molecule has 0 amide bonds. The lowest BCUT2D eigenvalue weighted by atomic mass is 9.80. The Labute approximate surface area is 221 Å². The van der Waals surface area contributed by atoms with Gasteiger partial charge in [0.05, 0.1) is 56.1 Å². The van der Waals surface area contributed by atoms with Gasteiger partial charge in [-0.05, 0) is 55.7 Å². The number of carboxylic acids is 1. The van der Waals surface area contributed by atoms with E-state index in [1.807, 2.05) is 35.1 Å². The molecule has 0 aromatic heterocycles. The van der Waals surface area contributed by atoms with Crippen LogP contribution in [-0.2, 0) is 38.6 Å². The first kappa shape index (κ1) is 29.3. The first-order valence-electron chi connectivity index (χ1n) is 12.3. The average molecular weight is 538 g/mol. The third-order valence-corrected chi connectivity index (χ3v) is 6.87. The minimum atomic E-state index is -0.778. The monoisotopic (exact) mass is 537 g/mol. The number of rotatable bonds is 18. The highest BCUT2D eigenvalue weighted by atomic mass is 32.2. The van der Waals surface area contributed by atoms with E-state index in [1.54, 1.807) is 0 Å². The van der Waals surface area contributed by atoms with E-state index >= 15 is 0 Å². The van der Waals surface area contributed by atoms with E-state index in [0.717, 1.165) is 45.5 Å². The fourth-order valence-electron chi connectivity index (χ4n) is 4.22. The van der Waals surface area contributed by atoms with Crippen LogP contribution in [0.15, 0.2) is 35.2 Å². The minimum Gasteiger partial charge on any atom is -0.691 e. The molecule has 0 bridgehead atoms. The molecule has 0 aliphatic carbocycles. The molecule has 1 N–H and O–H groups in total. The second-order valence-corrected chi connectivity index (χ2v) is 9.86. The standard InChI is InChI=1S/C26H35NO9S/c1-19-26(2,3)25-22-9-8-21(37-36-35-30)18-20(22)7-10-23(25)27(19)34-17-16-33-15-14-32-13-12-31-11-5-4-6-24(28)29/h7-10,18H,4-6,11-17H2,1-3H3,(H-,28,29,30). The molecule has 0 saturated carbocycles. The minimum absolute atomic E-state index is 0.176. The molecule has 1 aliphatic heterocycles. The smallest absolute Gasteiger partial charge is 0.303 e. The third-order valence-electron chi connectivity index (χ3n) is 6.30. The zero-order valence-electron chi connectivity index (χ0n) is 21.5. The van der Waals surface area contributed by atoms with Crippen LogP contribution in [0.2, 0.25) is 0 Å². The maximum atomic E-state index is 10.4. The van der Waals surface area contributed by atoms with E-state index in [0.29, 0.717) is 52.7 Å². The summed E-state index contributed by atoms with van der Waals surface area (Å²) < 4.78 is 22.9. The van der Waals surface area contributed by atoms with Crippen LogP contribution >= 0.6 is 12.0 Å². The summed E-state index contributed by atoms with van der Waals surface area (Å²) in [5.41, 5.74) is 3.03. The van der Waals surface area contributed by atoms with Gasteiger partial charge < -0.3 is 24.6 Å². The average Bonchev–Trinajstić information content (AvgIpc) is 3.07. The summed E-state index contributed by atoms with van der Waals surface area (Å²) in [4.78, 5) is 17.3. The van der Waals surface area contributed by atoms with Crippen LogP contribution in [0.3, 0.4) is 0 Å². The Bertz CT molecular complexity index is 1070. The highest BCUT2D eigenvalue weighted by molar-refractivity contribution is 7.94. The molecule has 2 aromatic carbocycles. The van der Waals surface area contributed by atoms with Gasteiger partial charge in [0.2, 0.25) is 5.71 Å². The predicted octanol–water partition coefficient (Wildman–Crippen LogP) is 3.70. The summed E-state index contributed by atoms with van der Waals surface area (Å²) in [5.74, 6) is -0.778. The molecule has 0 spiro atoms. The van der Waals surface area contributed by atoms with Gasteiger partial charge in [0.15, 0.2) is 6.61 Å². The van der Waals surface area contributed by atoms with E-state index in [4.69, 9.17) is 24.2 Å². The van der Waals surface area contributed by atoms with Crippen molar-refractivity contribution in [1.82, 2.24) is 0 Å². The van der Waals surface area contributed by atoms with Gasteiger partial charge in [-0.25, -0.2) is 0 Å². The van der Waals surface area contributed by atoms with Crippen LogP contribution in [0, 0.1) is 0 Å². The van der Waals surface area contributed by atoms with Gasteiger partial charge in [-0.1, -0.05) is 6.07 Å². The molecule has 0 atom stereocenters. The van der Waals surface area contributed by atoms with E-state index in [1.165, 1.54) is 5.56 Å². The fourth-order valence-corrected chi connectivity index (χ4v) is 4.62. The van der Waals surface area contributed by atoms with Gasteiger partial charge in [0.1, 0.15) is 0 Å². The molecule has 1 heterocycles. The number of ether oxygens (including phenoxy) is 3. The molecule has 2 aromatic rings. The second-order valence-electron chi connectivity index (χ2n) is 9.09. The van der Waals surface area contributed by atoms with Gasteiger partial charge in [-0.15, -0.1) is 0 Å². The summed E-state index contributed by atoms with van der Waals surface area (Å²) in [6.45, 7) is 9.66. The highest BCUT2D eigenvalue weighted by Crippen LogP contribution is 2.44. The third kappa shape index (κ3) is 8.11. The fraction of sp³-hybridized carbons (Fsp3) is 0.538. The van der Waals surface area contributed by atoms with Gasteiger partial charge in [-0.2, -0.15) is 4.33 Å². The molecule has 1 aliphatic rings. The van der Waals surface area contributed by atoms with Crippen LogP contribution < -0.4 is 5.26 Å². The number of fused-ring (bicyclic) bond motifs is 3. The van der Waals surface area contributed by atoms with E-state index in [-0.39, 0.29) is 11.8 Å². The Morgan fingerprint density at radius 2 is 1.65 bits per heavy atom. The summed E-state index contributed by atoms with van der Waals surface area (Å²) in [7, 11) is 0. The molecule has 3 rings (SSSR count). The number of benzene rings is 2. The van der Waals surface area contributed by atoms with Crippen molar-refractivity contribution in [2.24, 2.45) is 0 Å². The van der Waals surface area contributed by atoms with Gasteiger partial charge in [0.25, 0.3) is 5.69 Å². The molecule has 204 valence electrons. The molecule has 0 unspecified atom stereocenters. The molecule has 0 fully saturated rings. The van der Waals surface area contributed by atoms with Crippen molar-refractivity contribution in [2.45, 2.75) is 50.3 Å². The summed E-state index contributed by atoms with van der Waals surface area (Å²) in [6, 6.07) is 9.94. The molecular formula is C26H35NO9S. The maximum Gasteiger partial charge on any atom is 0.303 e. The Morgan fingerprint density at radius 1 is 0.973 bits per heavy atom. The molecule has 37 heavy (non-hydrogen) atoms. The Morgan fingerprint density at radius 3 is 2.32 bits per heavy atom. The summed E-state index contributed by atoms with van der Waals surface area (Å²) in [6.07, 6.45) is 1.53. The highest BCUT2D eigenvalue weighted by Gasteiger charge is 2.46. The Hall–Kier alpha value is -2.25. The first-order chi connectivity index (χ1) is 17.9. The SMILES string of the molecule is CC1=[N+](OCCOCCOCCOCCCCC(=O)O)c2ccc3cc(SOO[O-])ccc3c2C1(C)C. The van der Waals surface area contributed by atoms with Crippen molar-refractivity contribution in [3.8, 4) is 0 Å². The summed E-state index contributed by atoms with van der Waals surface area (Å²) in [5, 5.41) is 24.3. The van der Waals surface area contributed by atoms with Crippen LogP contribution in [0.5, 0.6) is 0 Å². The van der Waals surface area contributed by atoms with Crippen molar-refractivity contribution in [1.29, 1.82) is 0 Å². The van der Waals surface area contributed by atoms with Crippen LogP contribution in [0.25, 0.3) is 10.8 Å². The predicted molar refractivity (Wildman–Crippen MR) is 135 cm³/mol. The van der Waals surface area contributed by atoms with Crippen molar-refractivity contribution in [3.63, 3.8) is 0 Å². The topological polar surface area (TPSA) is 119 Å². The lowest BCUT2D eigenvalue weighted by Gasteiger charge is -2.16.